The number of aromatic nitrogens is 1. The third kappa shape index (κ3) is 1.47. The zero-order valence-electron chi connectivity index (χ0n) is 7.42. The van der Waals surface area contributed by atoms with Gasteiger partial charge in [-0.25, -0.2) is 4.98 Å². The maximum Gasteiger partial charge on any atom is 0.273 e. The van der Waals surface area contributed by atoms with Crippen LogP contribution < -0.4 is 5.32 Å². The Morgan fingerprint density at radius 3 is 2.83 bits per heavy atom. The van der Waals surface area contributed by atoms with Crippen molar-refractivity contribution in [2.24, 2.45) is 0 Å². The highest BCUT2D eigenvalue weighted by Gasteiger charge is 2.17. The van der Waals surface area contributed by atoms with Gasteiger partial charge in [-0.2, -0.15) is 0 Å². The molecule has 0 aliphatic carbocycles. The van der Waals surface area contributed by atoms with Crippen molar-refractivity contribution in [1.82, 2.24) is 10.3 Å². The second-order valence-corrected chi connectivity index (χ2v) is 2.80. The zero-order valence-corrected chi connectivity index (χ0v) is 7.42. The number of carbonyl (C=O) groups is 1. The van der Waals surface area contributed by atoms with E-state index in [-0.39, 0.29) is 11.8 Å². The van der Waals surface area contributed by atoms with E-state index in [0.29, 0.717) is 11.5 Å². The summed E-state index contributed by atoms with van der Waals surface area (Å²) in [4.78, 5) is 15.0. The largest absolute Gasteiger partial charge is 0.447 e. The summed E-state index contributed by atoms with van der Waals surface area (Å²) >= 11 is 0. The molecule has 1 heterocycles. The molecule has 0 spiro atoms. The Balaban J connectivity index is 2.99. The molecule has 0 saturated carbocycles. The molecule has 0 saturated heterocycles. The molecule has 1 N–H and O–H groups in total. The minimum absolute atomic E-state index is 0.180. The fourth-order valence-electron chi connectivity index (χ4n) is 0.954. The summed E-state index contributed by atoms with van der Waals surface area (Å²) < 4.78 is 5.08. The predicted molar refractivity (Wildman–Crippen MR) is 44.0 cm³/mol. The van der Waals surface area contributed by atoms with Gasteiger partial charge in [0.15, 0.2) is 12.1 Å². The van der Waals surface area contributed by atoms with E-state index >= 15 is 0 Å². The molecule has 1 aromatic heterocycles. The number of hydrogen-bond acceptors (Lipinski definition) is 3. The maximum atomic E-state index is 11.2. The van der Waals surface area contributed by atoms with Crippen molar-refractivity contribution in [2.75, 3.05) is 7.05 Å². The molecule has 66 valence electrons. The molecule has 1 aromatic rings. The first-order valence-electron chi connectivity index (χ1n) is 3.82. The zero-order chi connectivity index (χ0) is 9.14. The quantitative estimate of drug-likeness (QED) is 0.720. The SMILES string of the molecule is CNC(=O)c1ncoc1C(C)C. The van der Waals surface area contributed by atoms with Gasteiger partial charge in [0.2, 0.25) is 0 Å². The Hall–Kier alpha value is -1.32. The normalized spacial score (nSPS) is 10.3. The molecule has 0 bridgehead atoms. The van der Waals surface area contributed by atoms with Gasteiger partial charge in [-0.3, -0.25) is 4.79 Å². The number of carbonyl (C=O) groups excluding carboxylic acids is 1. The van der Waals surface area contributed by atoms with Crippen LogP contribution in [0.3, 0.4) is 0 Å². The van der Waals surface area contributed by atoms with Crippen LogP contribution in [-0.4, -0.2) is 17.9 Å². The van der Waals surface area contributed by atoms with Crippen molar-refractivity contribution in [2.45, 2.75) is 19.8 Å². The van der Waals surface area contributed by atoms with E-state index in [1.165, 1.54) is 6.39 Å². The number of hydrogen-bond donors (Lipinski definition) is 1. The van der Waals surface area contributed by atoms with E-state index in [1.54, 1.807) is 7.05 Å². The molecule has 0 aromatic carbocycles. The van der Waals surface area contributed by atoms with Gasteiger partial charge in [-0.15, -0.1) is 0 Å². The van der Waals surface area contributed by atoms with Crippen molar-refractivity contribution in [3.8, 4) is 0 Å². The third-order valence-corrected chi connectivity index (χ3v) is 1.56. The first-order valence-corrected chi connectivity index (χ1v) is 3.82. The molecule has 0 aliphatic heterocycles. The van der Waals surface area contributed by atoms with E-state index in [1.807, 2.05) is 13.8 Å². The fraction of sp³-hybridized carbons (Fsp3) is 0.500. The second kappa shape index (κ2) is 3.38. The van der Waals surface area contributed by atoms with Gasteiger partial charge >= 0.3 is 0 Å². The Morgan fingerprint density at radius 2 is 2.33 bits per heavy atom. The molecule has 1 rings (SSSR count). The van der Waals surface area contributed by atoms with Gasteiger partial charge in [0.05, 0.1) is 0 Å². The molecule has 0 radical (unpaired) electrons. The van der Waals surface area contributed by atoms with Crippen LogP contribution in [0, 0.1) is 0 Å². The first kappa shape index (κ1) is 8.77. The molecule has 4 nitrogen and oxygen atoms in total. The average Bonchev–Trinajstić information content (AvgIpc) is 2.50. The first-order chi connectivity index (χ1) is 5.66. The summed E-state index contributed by atoms with van der Waals surface area (Å²) in [6.07, 6.45) is 1.29. The standard InChI is InChI=1S/C8H12N2O2/c1-5(2)7-6(8(11)9-3)10-4-12-7/h4-5H,1-3H3,(H,9,11). The monoisotopic (exact) mass is 168 g/mol. The summed E-state index contributed by atoms with van der Waals surface area (Å²) in [7, 11) is 1.57. The van der Waals surface area contributed by atoms with E-state index in [0.717, 1.165) is 0 Å². The van der Waals surface area contributed by atoms with Crippen LogP contribution in [0.2, 0.25) is 0 Å². The van der Waals surface area contributed by atoms with Gasteiger partial charge in [-0.1, -0.05) is 13.8 Å². The van der Waals surface area contributed by atoms with Crippen LogP contribution in [0.5, 0.6) is 0 Å². The van der Waals surface area contributed by atoms with E-state index in [9.17, 15) is 4.79 Å². The highest BCUT2D eigenvalue weighted by Crippen LogP contribution is 2.17. The number of oxazole rings is 1. The van der Waals surface area contributed by atoms with E-state index in [2.05, 4.69) is 10.3 Å². The lowest BCUT2D eigenvalue weighted by molar-refractivity contribution is 0.0956. The van der Waals surface area contributed by atoms with Crippen LogP contribution in [-0.2, 0) is 0 Å². The fourth-order valence-corrected chi connectivity index (χ4v) is 0.954. The van der Waals surface area contributed by atoms with Gasteiger partial charge in [0.25, 0.3) is 5.91 Å². The van der Waals surface area contributed by atoms with Crippen molar-refractivity contribution in [3.63, 3.8) is 0 Å². The molecule has 4 heteroatoms. The summed E-state index contributed by atoms with van der Waals surface area (Å²) in [6, 6.07) is 0. The lowest BCUT2D eigenvalue weighted by Gasteiger charge is -2.01. The Morgan fingerprint density at radius 1 is 1.67 bits per heavy atom. The topological polar surface area (TPSA) is 55.1 Å². The van der Waals surface area contributed by atoms with Crippen LogP contribution in [0.25, 0.3) is 0 Å². The van der Waals surface area contributed by atoms with Gasteiger partial charge in [0.1, 0.15) is 5.76 Å². The summed E-state index contributed by atoms with van der Waals surface area (Å²) in [6.45, 7) is 3.90. The number of rotatable bonds is 2. The smallest absolute Gasteiger partial charge is 0.273 e. The minimum atomic E-state index is -0.201. The number of amides is 1. The predicted octanol–water partition coefficient (Wildman–Crippen LogP) is 1.16. The second-order valence-electron chi connectivity index (χ2n) is 2.80. The third-order valence-electron chi connectivity index (χ3n) is 1.56. The molecule has 0 atom stereocenters. The summed E-state index contributed by atoms with van der Waals surface area (Å²) in [5, 5.41) is 2.50. The lowest BCUT2D eigenvalue weighted by atomic mass is 10.1. The van der Waals surface area contributed by atoms with Crippen LogP contribution in [0.4, 0.5) is 0 Å². The number of nitrogens with zero attached hydrogens (tertiary/aromatic N) is 1. The van der Waals surface area contributed by atoms with Crippen LogP contribution in [0.1, 0.15) is 36.0 Å². The molecular weight excluding hydrogens is 156 g/mol. The molecule has 0 fully saturated rings. The van der Waals surface area contributed by atoms with Crippen LogP contribution in [0.15, 0.2) is 10.8 Å². The van der Waals surface area contributed by atoms with Crippen molar-refractivity contribution < 1.29 is 9.21 Å². The van der Waals surface area contributed by atoms with E-state index in [4.69, 9.17) is 4.42 Å². The van der Waals surface area contributed by atoms with Crippen molar-refractivity contribution in [3.05, 3.63) is 17.8 Å². The highest BCUT2D eigenvalue weighted by molar-refractivity contribution is 5.93. The molecular formula is C8H12N2O2. The van der Waals surface area contributed by atoms with E-state index < -0.39 is 0 Å². The Kier molecular flexibility index (Phi) is 2.47. The summed E-state index contributed by atoms with van der Waals surface area (Å²) in [5.74, 6) is 0.613. The lowest BCUT2D eigenvalue weighted by Crippen LogP contribution is -2.19. The molecule has 0 aliphatic rings. The van der Waals surface area contributed by atoms with Crippen molar-refractivity contribution in [1.29, 1.82) is 0 Å². The van der Waals surface area contributed by atoms with Gasteiger partial charge in [-0.05, 0) is 0 Å². The maximum absolute atomic E-state index is 11.2. The Labute approximate surface area is 71.0 Å². The van der Waals surface area contributed by atoms with Gasteiger partial charge < -0.3 is 9.73 Å². The summed E-state index contributed by atoms with van der Waals surface area (Å²) in [5.41, 5.74) is 0.382. The average molecular weight is 168 g/mol. The molecule has 12 heavy (non-hydrogen) atoms. The highest BCUT2D eigenvalue weighted by atomic mass is 16.3. The number of nitrogens with one attached hydrogen (secondary N) is 1. The van der Waals surface area contributed by atoms with Crippen molar-refractivity contribution >= 4 is 5.91 Å². The molecule has 1 amide bonds. The molecule has 0 unspecified atom stereocenters. The Bertz CT molecular complexity index is 278. The van der Waals surface area contributed by atoms with Gasteiger partial charge in [0, 0.05) is 13.0 Å². The minimum Gasteiger partial charge on any atom is -0.447 e. The van der Waals surface area contributed by atoms with Crippen LogP contribution >= 0.6 is 0 Å².